The monoisotopic (exact) mass is 820 g/mol. The van der Waals surface area contributed by atoms with Crippen LogP contribution in [0.15, 0.2) is 231 Å². The average Bonchev–Trinajstić information content (AvgIpc) is 3.59. The molecule has 0 aromatic heterocycles. The number of ether oxygens (including phenoxy) is 1. The summed E-state index contributed by atoms with van der Waals surface area (Å²) in [5.41, 5.74) is 18.2. The Hall–Kier alpha value is -8.14. The highest BCUT2D eigenvalue weighted by molar-refractivity contribution is 6.09. The summed E-state index contributed by atoms with van der Waals surface area (Å²) in [7, 11) is 0. The van der Waals surface area contributed by atoms with Crippen molar-refractivity contribution in [1.82, 2.24) is 0 Å². The molecule has 1 aliphatic carbocycles. The molecule has 10 aromatic rings. The highest BCUT2D eigenvalue weighted by Gasteiger charge is 2.36. The number of nitrogens with zero attached hydrogens (tertiary/aromatic N) is 2. The second-order valence-corrected chi connectivity index (χ2v) is 17.3. The third kappa shape index (κ3) is 6.12. The van der Waals surface area contributed by atoms with E-state index in [1.54, 1.807) is 0 Å². The fourth-order valence-corrected chi connectivity index (χ4v) is 10.1. The summed E-state index contributed by atoms with van der Waals surface area (Å²) in [5, 5.41) is 2.24. The predicted molar refractivity (Wildman–Crippen MR) is 267 cm³/mol. The van der Waals surface area contributed by atoms with Crippen molar-refractivity contribution in [1.29, 1.82) is 0 Å². The van der Waals surface area contributed by atoms with Crippen molar-refractivity contribution in [2.45, 2.75) is 19.3 Å². The maximum atomic E-state index is 7.50. The first-order valence-electron chi connectivity index (χ1n) is 22.1. The van der Waals surface area contributed by atoms with E-state index in [-0.39, 0.29) is 5.41 Å². The highest BCUT2D eigenvalue weighted by Crippen LogP contribution is 2.57. The van der Waals surface area contributed by atoms with Crippen LogP contribution in [0.4, 0.5) is 34.1 Å². The van der Waals surface area contributed by atoms with E-state index in [0.717, 1.165) is 73.1 Å². The summed E-state index contributed by atoms with van der Waals surface area (Å²) in [6.07, 6.45) is 0. The van der Waals surface area contributed by atoms with Gasteiger partial charge >= 0.3 is 0 Å². The Bertz CT molecular complexity index is 3320. The van der Waals surface area contributed by atoms with Crippen LogP contribution in [0.3, 0.4) is 0 Å². The molecule has 0 spiro atoms. The molecule has 1 heterocycles. The predicted octanol–water partition coefficient (Wildman–Crippen LogP) is 17.2. The Morgan fingerprint density at radius 2 is 0.812 bits per heavy atom. The van der Waals surface area contributed by atoms with Gasteiger partial charge in [0.15, 0.2) is 11.5 Å². The van der Waals surface area contributed by atoms with Crippen LogP contribution in [0.25, 0.3) is 55.3 Å². The van der Waals surface area contributed by atoms with Gasteiger partial charge in [-0.3, -0.25) is 0 Å². The Labute approximate surface area is 374 Å². The maximum Gasteiger partial charge on any atom is 0.160 e. The number of benzene rings is 10. The van der Waals surface area contributed by atoms with Crippen LogP contribution in [0.5, 0.6) is 11.5 Å². The molecule has 0 radical (unpaired) electrons. The minimum absolute atomic E-state index is 0.169. The Balaban J connectivity index is 1.03. The van der Waals surface area contributed by atoms with E-state index < -0.39 is 0 Å². The van der Waals surface area contributed by atoms with Crippen LogP contribution in [0.1, 0.15) is 25.0 Å². The standard InChI is InChI=1S/C61H44N2O/c1-61(2)54-26-13-12-23-50(54)51-38-37-49(40-55(51)61)63(48-35-32-44(33-36-48)43-30-28-42(29-31-43)41-16-6-3-7-17-41)56-27-15-25-53-52-24-14-18-45-34-39-57(60(58(45)52)64-59(53)56)62(46-19-8-4-9-20-46)47-21-10-5-11-22-47/h3-40H,1-2H3. The fourth-order valence-electron chi connectivity index (χ4n) is 10.1. The van der Waals surface area contributed by atoms with Crippen molar-refractivity contribution in [2.75, 3.05) is 9.80 Å². The molecule has 2 aliphatic rings. The molecule has 0 fully saturated rings. The lowest BCUT2D eigenvalue weighted by Crippen LogP contribution is -2.17. The van der Waals surface area contributed by atoms with Gasteiger partial charge in [-0.2, -0.15) is 0 Å². The zero-order chi connectivity index (χ0) is 42.8. The average molecular weight is 821 g/mol. The normalized spacial score (nSPS) is 12.8. The van der Waals surface area contributed by atoms with Gasteiger partial charge < -0.3 is 14.5 Å². The van der Waals surface area contributed by atoms with Crippen molar-refractivity contribution >= 4 is 44.9 Å². The number of hydrogen-bond acceptors (Lipinski definition) is 3. The van der Waals surface area contributed by atoms with E-state index in [2.05, 4.69) is 254 Å². The molecule has 304 valence electrons. The van der Waals surface area contributed by atoms with E-state index in [0.29, 0.717) is 0 Å². The molecule has 64 heavy (non-hydrogen) atoms. The minimum atomic E-state index is -0.169. The molecular weight excluding hydrogens is 777 g/mol. The lowest BCUT2D eigenvalue weighted by molar-refractivity contribution is 0.489. The van der Waals surface area contributed by atoms with Crippen molar-refractivity contribution in [2.24, 2.45) is 0 Å². The van der Waals surface area contributed by atoms with Crippen molar-refractivity contribution in [3.8, 4) is 56.0 Å². The molecule has 0 amide bonds. The van der Waals surface area contributed by atoms with Crippen LogP contribution in [-0.2, 0) is 5.41 Å². The Morgan fingerprint density at radius 1 is 0.328 bits per heavy atom. The van der Waals surface area contributed by atoms with Crippen molar-refractivity contribution < 1.29 is 4.74 Å². The Morgan fingerprint density at radius 3 is 1.50 bits per heavy atom. The summed E-state index contributed by atoms with van der Waals surface area (Å²) in [4.78, 5) is 4.70. The summed E-state index contributed by atoms with van der Waals surface area (Å²) in [6.45, 7) is 4.70. The summed E-state index contributed by atoms with van der Waals surface area (Å²) in [6, 6.07) is 83.0. The lowest BCUT2D eigenvalue weighted by Gasteiger charge is -2.34. The minimum Gasteiger partial charge on any atom is -0.452 e. The van der Waals surface area contributed by atoms with Gasteiger partial charge in [-0.05, 0) is 116 Å². The fraction of sp³-hybridized carbons (Fsp3) is 0.0492. The molecule has 12 rings (SSSR count). The van der Waals surface area contributed by atoms with E-state index in [9.17, 15) is 0 Å². The number of para-hydroxylation sites is 3. The van der Waals surface area contributed by atoms with E-state index in [4.69, 9.17) is 4.74 Å². The number of anilines is 6. The Kier molecular flexibility index (Phi) is 8.84. The lowest BCUT2D eigenvalue weighted by atomic mass is 9.82. The topological polar surface area (TPSA) is 15.7 Å². The van der Waals surface area contributed by atoms with E-state index in [1.807, 2.05) is 0 Å². The quantitative estimate of drug-likeness (QED) is 0.152. The maximum absolute atomic E-state index is 7.50. The second-order valence-electron chi connectivity index (χ2n) is 17.3. The summed E-state index contributed by atoms with van der Waals surface area (Å²) in [5.74, 6) is 1.65. The van der Waals surface area contributed by atoms with Gasteiger partial charge in [0.2, 0.25) is 0 Å². The van der Waals surface area contributed by atoms with E-state index in [1.165, 1.54) is 38.9 Å². The zero-order valence-electron chi connectivity index (χ0n) is 35.7. The SMILES string of the molecule is CC1(C)c2ccccc2-c2ccc(N(c3ccc(-c4ccc(-c5ccccc5)cc4)cc3)c3cccc4c3Oc3c(N(c5ccccc5)c5ccccc5)ccc5cccc-4c35)cc21. The molecule has 3 nitrogen and oxygen atoms in total. The number of fused-ring (bicyclic) bond motifs is 5. The molecule has 0 saturated heterocycles. The molecule has 1 aliphatic heterocycles. The van der Waals surface area contributed by atoms with Gasteiger partial charge in [-0.1, -0.05) is 184 Å². The van der Waals surface area contributed by atoms with Gasteiger partial charge in [0, 0.05) is 39.1 Å². The molecule has 0 atom stereocenters. The first-order chi connectivity index (χ1) is 31.5. The summed E-state index contributed by atoms with van der Waals surface area (Å²) >= 11 is 0. The van der Waals surface area contributed by atoms with E-state index >= 15 is 0 Å². The number of hydrogen-bond donors (Lipinski definition) is 0. The first-order valence-corrected chi connectivity index (χ1v) is 22.1. The highest BCUT2D eigenvalue weighted by atomic mass is 16.5. The van der Waals surface area contributed by atoms with Gasteiger partial charge in [-0.15, -0.1) is 0 Å². The first kappa shape index (κ1) is 37.6. The summed E-state index contributed by atoms with van der Waals surface area (Å²) < 4.78 is 7.50. The third-order valence-corrected chi connectivity index (χ3v) is 13.3. The van der Waals surface area contributed by atoms with Gasteiger partial charge in [-0.25, -0.2) is 0 Å². The van der Waals surface area contributed by atoms with Crippen LogP contribution in [0.2, 0.25) is 0 Å². The van der Waals surface area contributed by atoms with Gasteiger partial charge in [0.25, 0.3) is 0 Å². The van der Waals surface area contributed by atoms with Gasteiger partial charge in [0.1, 0.15) is 0 Å². The zero-order valence-corrected chi connectivity index (χ0v) is 35.7. The van der Waals surface area contributed by atoms with Crippen LogP contribution in [0, 0.1) is 0 Å². The molecule has 0 bridgehead atoms. The van der Waals surface area contributed by atoms with Crippen LogP contribution >= 0.6 is 0 Å². The molecular formula is C61H44N2O. The third-order valence-electron chi connectivity index (χ3n) is 13.3. The largest absolute Gasteiger partial charge is 0.452 e. The molecule has 10 aromatic carbocycles. The molecule has 3 heteroatoms. The van der Waals surface area contributed by atoms with Crippen LogP contribution < -0.4 is 14.5 Å². The van der Waals surface area contributed by atoms with Crippen molar-refractivity contribution in [3.63, 3.8) is 0 Å². The van der Waals surface area contributed by atoms with Crippen molar-refractivity contribution in [3.05, 3.63) is 242 Å². The van der Waals surface area contributed by atoms with Crippen LogP contribution in [-0.4, -0.2) is 0 Å². The number of rotatable bonds is 8. The molecule has 0 unspecified atom stereocenters. The molecule has 0 N–H and O–H groups in total. The molecule has 0 saturated carbocycles. The van der Waals surface area contributed by atoms with Gasteiger partial charge in [0.05, 0.1) is 11.4 Å². The second kappa shape index (κ2) is 15.0. The smallest absolute Gasteiger partial charge is 0.160 e.